The first-order valence-electron chi connectivity index (χ1n) is 14.7. The Morgan fingerprint density at radius 3 is 2.24 bits per heavy atom. The van der Waals surface area contributed by atoms with Crippen LogP contribution < -0.4 is 20.3 Å². The SMILES string of the molecule is CCOC(=O)c1ccc2c(c1)NC(=O)C2=C(Nc1ccc(N(CCN(C)C)C(=O)c2ccccc2OC)cc1)c1ccccc1. The molecule has 230 valence electrons. The Kier molecular flexibility index (Phi) is 9.60. The summed E-state index contributed by atoms with van der Waals surface area (Å²) in [7, 11) is 5.48. The first-order valence-corrected chi connectivity index (χ1v) is 14.7. The fourth-order valence-electron chi connectivity index (χ4n) is 5.13. The van der Waals surface area contributed by atoms with E-state index in [2.05, 4.69) is 10.6 Å². The number of nitrogens with zero attached hydrogens (tertiary/aromatic N) is 2. The molecule has 0 fully saturated rings. The van der Waals surface area contributed by atoms with Gasteiger partial charge in [-0.15, -0.1) is 0 Å². The summed E-state index contributed by atoms with van der Waals surface area (Å²) in [6.45, 7) is 3.15. The van der Waals surface area contributed by atoms with Crippen LogP contribution in [0.15, 0.2) is 97.1 Å². The first-order chi connectivity index (χ1) is 21.8. The van der Waals surface area contributed by atoms with Crippen LogP contribution in [0.3, 0.4) is 0 Å². The topological polar surface area (TPSA) is 100 Å². The van der Waals surface area contributed by atoms with E-state index in [1.807, 2.05) is 85.7 Å². The molecule has 2 amide bonds. The zero-order chi connectivity index (χ0) is 31.9. The summed E-state index contributed by atoms with van der Waals surface area (Å²) >= 11 is 0. The van der Waals surface area contributed by atoms with Crippen LogP contribution in [0.2, 0.25) is 0 Å². The van der Waals surface area contributed by atoms with Crippen molar-refractivity contribution in [3.8, 4) is 5.75 Å². The van der Waals surface area contributed by atoms with Gasteiger partial charge in [-0.1, -0.05) is 48.5 Å². The van der Waals surface area contributed by atoms with Crippen molar-refractivity contribution < 1.29 is 23.9 Å². The van der Waals surface area contributed by atoms with E-state index < -0.39 is 5.97 Å². The lowest BCUT2D eigenvalue weighted by atomic mass is 9.99. The molecule has 1 aliphatic heterocycles. The van der Waals surface area contributed by atoms with Gasteiger partial charge in [0, 0.05) is 30.0 Å². The number of carbonyl (C=O) groups excluding carboxylic acids is 3. The minimum absolute atomic E-state index is 0.163. The van der Waals surface area contributed by atoms with Crippen molar-refractivity contribution in [2.24, 2.45) is 0 Å². The zero-order valence-corrected chi connectivity index (χ0v) is 25.8. The minimum Gasteiger partial charge on any atom is -0.496 e. The van der Waals surface area contributed by atoms with Gasteiger partial charge < -0.3 is 29.9 Å². The maximum Gasteiger partial charge on any atom is 0.338 e. The number of nitrogens with one attached hydrogen (secondary N) is 2. The molecule has 0 unspecified atom stereocenters. The monoisotopic (exact) mass is 604 g/mol. The average Bonchev–Trinajstić information content (AvgIpc) is 3.39. The van der Waals surface area contributed by atoms with Gasteiger partial charge in [0.1, 0.15) is 5.75 Å². The molecular formula is C36H36N4O5. The Labute approximate surface area is 263 Å². The molecule has 4 aromatic rings. The summed E-state index contributed by atoms with van der Waals surface area (Å²) in [5.74, 6) is -0.383. The largest absolute Gasteiger partial charge is 0.496 e. The van der Waals surface area contributed by atoms with Gasteiger partial charge >= 0.3 is 5.97 Å². The van der Waals surface area contributed by atoms with Crippen LogP contribution in [0.25, 0.3) is 11.3 Å². The third kappa shape index (κ3) is 6.89. The summed E-state index contributed by atoms with van der Waals surface area (Å²) in [6, 6.07) is 29.4. The van der Waals surface area contributed by atoms with E-state index in [4.69, 9.17) is 9.47 Å². The molecule has 4 aromatic carbocycles. The van der Waals surface area contributed by atoms with E-state index in [0.717, 1.165) is 16.9 Å². The number of methoxy groups -OCH3 is 1. The van der Waals surface area contributed by atoms with Crippen molar-refractivity contribution in [3.05, 3.63) is 119 Å². The van der Waals surface area contributed by atoms with Crippen LogP contribution in [0.4, 0.5) is 17.1 Å². The first kappa shape index (κ1) is 31.0. The lowest BCUT2D eigenvalue weighted by Gasteiger charge is -2.26. The highest BCUT2D eigenvalue weighted by Crippen LogP contribution is 2.38. The molecule has 45 heavy (non-hydrogen) atoms. The Morgan fingerprint density at radius 2 is 1.56 bits per heavy atom. The fourth-order valence-corrected chi connectivity index (χ4v) is 5.13. The Morgan fingerprint density at radius 1 is 0.844 bits per heavy atom. The highest BCUT2D eigenvalue weighted by Gasteiger charge is 2.29. The third-order valence-corrected chi connectivity index (χ3v) is 7.39. The number of amides is 2. The van der Waals surface area contributed by atoms with Crippen LogP contribution in [-0.4, -0.2) is 63.6 Å². The molecule has 1 heterocycles. The van der Waals surface area contributed by atoms with E-state index in [0.29, 0.717) is 52.5 Å². The lowest BCUT2D eigenvalue weighted by molar-refractivity contribution is -0.110. The van der Waals surface area contributed by atoms with Crippen molar-refractivity contribution in [2.75, 3.05) is 56.4 Å². The molecule has 9 heteroatoms. The van der Waals surface area contributed by atoms with E-state index >= 15 is 0 Å². The van der Waals surface area contributed by atoms with Gasteiger partial charge in [0.25, 0.3) is 11.8 Å². The number of hydrogen-bond donors (Lipinski definition) is 2. The molecule has 2 N–H and O–H groups in total. The van der Waals surface area contributed by atoms with Crippen molar-refractivity contribution in [1.29, 1.82) is 0 Å². The summed E-state index contributed by atoms with van der Waals surface area (Å²) < 4.78 is 10.6. The molecule has 0 saturated carbocycles. The zero-order valence-electron chi connectivity index (χ0n) is 25.8. The highest BCUT2D eigenvalue weighted by atomic mass is 16.5. The predicted molar refractivity (Wildman–Crippen MR) is 178 cm³/mol. The quantitative estimate of drug-likeness (QED) is 0.160. The molecule has 0 atom stereocenters. The standard InChI is InChI=1S/C36H36N4O5/c1-5-45-36(43)25-15-20-28-30(23-25)38-34(41)32(28)33(24-11-7-6-8-12-24)37-26-16-18-27(19-17-26)40(22-21-39(2)3)35(42)29-13-9-10-14-31(29)44-4/h6-20,23,37H,5,21-22H2,1-4H3,(H,38,41). The Hall–Kier alpha value is -5.41. The van der Waals surface area contributed by atoms with Crippen LogP contribution in [-0.2, 0) is 9.53 Å². The molecule has 1 aliphatic rings. The molecule has 0 saturated heterocycles. The normalized spacial score (nSPS) is 13.1. The number of rotatable bonds is 11. The maximum absolute atomic E-state index is 13.7. The van der Waals surface area contributed by atoms with E-state index in [1.54, 1.807) is 49.3 Å². The smallest absolute Gasteiger partial charge is 0.338 e. The van der Waals surface area contributed by atoms with Crippen molar-refractivity contribution in [1.82, 2.24) is 4.90 Å². The number of para-hydroxylation sites is 1. The summed E-state index contributed by atoms with van der Waals surface area (Å²) in [5, 5.41) is 6.36. The Bertz CT molecular complexity index is 1730. The number of likely N-dealkylation sites (N-methyl/N-ethyl adjacent to an activating group) is 1. The van der Waals surface area contributed by atoms with E-state index in [1.165, 1.54) is 0 Å². The van der Waals surface area contributed by atoms with Crippen molar-refractivity contribution >= 4 is 46.1 Å². The number of benzene rings is 4. The van der Waals surface area contributed by atoms with Crippen LogP contribution in [0.1, 0.15) is 38.8 Å². The molecule has 0 spiro atoms. The van der Waals surface area contributed by atoms with E-state index in [-0.39, 0.29) is 18.4 Å². The second-order valence-corrected chi connectivity index (χ2v) is 10.7. The van der Waals surface area contributed by atoms with Gasteiger partial charge in [0.15, 0.2) is 0 Å². The second-order valence-electron chi connectivity index (χ2n) is 10.7. The Balaban J connectivity index is 1.50. The van der Waals surface area contributed by atoms with Gasteiger partial charge in [0.05, 0.1) is 41.8 Å². The molecule has 0 radical (unpaired) electrons. The van der Waals surface area contributed by atoms with Crippen molar-refractivity contribution in [2.45, 2.75) is 6.92 Å². The fraction of sp³-hybridized carbons (Fsp3) is 0.194. The summed E-state index contributed by atoms with van der Waals surface area (Å²) in [5.41, 5.74) is 5.39. The number of hydrogen-bond acceptors (Lipinski definition) is 7. The average molecular weight is 605 g/mol. The van der Waals surface area contributed by atoms with Gasteiger partial charge in [-0.25, -0.2) is 4.79 Å². The van der Waals surface area contributed by atoms with Crippen LogP contribution in [0, 0.1) is 0 Å². The number of ether oxygens (including phenoxy) is 2. The second kappa shape index (κ2) is 13.9. The minimum atomic E-state index is -0.447. The maximum atomic E-state index is 13.7. The molecule has 9 nitrogen and oxygen atoms in total. The molecule has 5 rings (SSSR count). The van der Waals surface area contributed by atoms with Gasteiger partial charge in [-0.05, 0) is 75.1 Å². The van der Waals surface area contributed by atoms with Gasteiger partial charge in [-0.2, -0.15) is 0 Å². The highest BCUT2D eigenvalue weighted by molar-refractivity contribution is 6.37. The number of fused-ring (bicyclic) bond motifs is 1. The molecular weight excluding hydrogens is 568 g/mol. The number of esters is 1. The summed E-state index contributed by atoms with van der Waals surface area (Å²) in [4.78, 5) is 43.2. The van der Waals surface area contributed by atoms with Crippen LogP contribution >= 0.6 is 0 Å². The van der Waals surface area contributed by atoms with E-state index in [9.17, 15) is 14.4 Å². The molecule has 0 bridgehead atoms. The van der Waals surface area contributed by atoms with Gasteiger partial charge in [-0.3, -0.25) is 9.59 Å². The number of carbonyl (C=O) groups is 3. The number of anilines is 3. The van der Waals surface area contributed by atoms with Gasteiger partial charge in [0.2, 0.25) is 0 Å². The third-order valence-electron chi connectivity index (χ3n) is 7.39. The lowest BCUT2D eigenvalue weighted by Crippen LogP contribution is -2.37. The molecule has 0 aromatic heterocycles. The van der Waals surface area contributed by atoms with Crippen LogP contribution in [0.5, 0.6) is 5.75 Å². The van der Waals surface area contributed by atoms with Crippen molar-refractivity contribution in [3.63, 3.8) is 0 Å². The predicted octanol–water partition coefficient (Wildman–Crippen LogP) is 6.01. The molecule has 0 aliphatic carbocycles. The summed E-state index contributed by atoms with van der Waals surface area (Å²) in [6.07, 6.45) is 0.